The molecule has 0 aromatic heterocycles. The number of benzene rings is 2. The van der Waals surface area contributed by atoms with Gasteiger partial charge in [-0.25, -0.2) is 4.79 Å². The second-order valence-electron chi connectivity index (χ2n) is 7.43. The van der Waals surface area contributed by atoms with Crippen LogP contribution >= 0.6 is 0 Å². The molecule has 0 fully saturated rings. The summed E-state index contributed by atoms with van der Waals surface area (Å²) in [5.41, 5.74) is 1.17. The van der Waals surface area contributed by atoms with Gasteiger partial charge in [-0.3, -0.25) is 9.59 Å². The van der Waals surface area contributed by atoms with Gasteiger partial charge in [0.15, 0.2) is 12.4 Å². The highest BCUT2D eigenvalue weighted by atomic mass is 16.5. The minimum atomic E-state index is -1.09. The van der Waals surface area contributed by atoms with E-state index < -0.39 is 17.9 Å². The van der Waals surface area contributed by atoms with Gasteiger partial charge in [-0.1, -0.05) is 32.4 Å². The van der Waals surface area contributed by atoms with Crippen LogP contribution in [0.25, 0.3) is 6.08 Å². The highest BCUT2D eigenvalue weighted by molar-refractivity contribution is 6.14. The molecule has 0 saturated heterocycles. The molecule has 168 valence electrons. The van der Waals surface area contributed by atoms with Crippen molar-refractivity contribution < 1.29 is 33.7 Å². The van der Waals surface area contributed by atoms with E-state index in [0.29, 0.717) is 29.2 Å². The first kappa shape index (κ1) is 22.9. The highest BCUT2D eigenvalue weighted by Gasteiger charge is 2.28. The van der Waals surface area contributed by atoms with Gasteiger partial charge in [0.25, 0.3) is 5.91 Å². The number of aliphatic carboxylic acids is 1. The van der Waals surface area contributed by atoms with Crippen molar-refractivity contribution in [1.29, 1.82) is 0 Å². The zero-order chi connectivity index (χ0) is 23.3. The average Bonchev–Trinajstić information content (AvgIpc) is 3.10. The minimum absolute atomic E-state index is 0.179. The largest absolute Gasteiger partial charge is 0.497 e. The van der Waals surface area contributed by atoms with Gasteiger partial charge in [0.05, 0.1) is 12.7 Å². The Labute approximate surface area is 185 Å². The van der Waals surface area contributed by atoms with E-state index in [1.54, 1.807) is 44.4 Å². The summed E-state index contributed by atoms with van der Waals surface area (Å²) in [6.45, 7) is 3.25. The van der Waals surface area contributed by atoms with Crippen molar-refractivity contribution in [2.45, 2.75) is 26.3 Å². The van der Waals surface area contributed by atoms with Gasteiger partial charge in [0.2, 0.25) is 5.78 Å². The maximum Gasteiger partial charge on any atom is 0.326 e. The SMILES string of the molecule is CC[C@@H](C)[C@H](NC(=O)COc1ccc2c(c1)O/C(=C/c1ccc(OC)cc1)C2=O)C(=O)O. The van der Waals surface area contributed by atoms with Crippen molar-refractivity contribution in [3.05, 3.63) is 59.4 Å². The Morgan fingerprint density at radius 2 is 1.84 bits per heavy atom. The first-order valence-corrected chi connectivity index (χ1v) is 10.2. The molecule has 1 aliphatic rings. The molecule has 2 N–H and O–H groups in total. The zero-order valence-corrected chi connectivity index (χ0v) is 18.1. The quantitative estimate of drug-likeness (QED) is 0.577. The molecule has 0 bridgehead atoms. The lowest BCUT2D eigenvalue weighted by Crippen LogP contribution is -2.46. The summed E-state index contributed by atoms with van der Waals surface area (Å²) in [6, 6.07) is 10.9. The van der Waals surface area contributed by atoms with Crippen LogP contribution < -0.4 is 19.5 Å². The molecule has 0 radical (unpaired) electrons. The number of carboxylic acid groups (broad SMARTS) is 1. The van der Waals surface area contributed by atoms with E-state index in [0.717, 1.165) is 5.56 Å². The van der Waals surface area contributed by atoms with Gasteiger partial charge < -0.3 is 24.6 Å². The molecular weight excluding hydrogens is 414 g/mol. The third kappa shape index (κ3) is 5.26. The van der Waals surface area contributed by atoms with Crippen LogP contribution in [0.3, 0.4) is 0 Å². The number of ether oxygens (including phenoxy) is 3. The molecule has 0 aliphatic carbocycles. The van der Waals surface area contributed by atoms with Gasteiger partial charge in [-0.05, 0) is 41.8 Å². The first-order chi connectivity index (χ1) is 15.3. The van der Waals surface area contributed by atoms with E-state index >= 15 is 0 Å². The Morgan fingerprint density at radius 1 is 1.16 bits per heavy atom. The van der Waals surface area contributed by atoms with Crippen molar-refractivity contribution >= 4 is 23.7 Å². The number of amides is 1. The number of allylic oxidation sites excluding steroid dienone is 1. The molecule has 1 aliphatic heterocycles. The molecule has 3 rings (SSSR count). The fraction of sp³-hybridized carbons (Fsp3) is 0.292. The smallest absolute Gasteiger partial charge is 0.326 e. The fourth-order valence-corrected chi connectivity index (χ4v) is 3.16. The summed E-state index contributed by atoms with van der Waals surface area (Å²) in [7, 11) is 1.58. The monoisotopic (exact) mass is 439 g/mol. The Morgan fingerprint density at radius 3 is 2.47 bits per heavy atom. The molecule has 1 amide bonds. The van der Waals surface area contributed by atoms with Crippen molar-refractivity contribution in [3.8, 4) is 17.2 Å². The number of rotatable bonds is 9. The highest BCUT2D eigenvalue weighted by Crippen LogP contribution is 2.35. The number of Topliss-reactive ketones (excluding diaryl/α,β-unsaturated/α-hetero) is 1. The average molecular weight is 439 g/mol. The summed E-state index contributed by atoms with van der Waals surface area (Å²) in [4.78, 5) is 36.1. The number of carbonyl (C=O) groups is 3. The molecule has 2 aromatic carbocycles. The van der Waals surface area contributed by atoms with E-state index in [1.807, 2.05) is 19.1 Å². The molecule has 0 saturated carbocycles. The Hall–Kier alpha value is -3.81. The summed E-state index contributed by atoms with van der Waals surface area (Å²) in [6.07, 6.45) is 2.25. The number of hydrogen-bond donors (Lipinski definition) is 2. The van der Waals surface area contributed by atoms with Crippen LogP contribution in [0.2, 0.25) is 0 Å². The van der Waals surface area contributed by atoms with Crippen molar-refractivity contribution in [1.82, 2.24) is 5.32 Å². The van der Waals surface area contributed by atoms with Gasteiger partial charge in [0, 0.05) is 6.07 Å². The number of nitrogens with one attached hydrogen (secondary N) is 1. The minimum Gasteiger partial charge on any atom is -0.497 e. The molecule has 2 aromatic rings. The standard InChI is InChI=1S/C24H25NO7/c1-4-14(2)22(24(28)29)25-21(26)13-31-17-9-10-18-19(12-17)32-20(23(18)27)11-15-5-7-16(30-3)8-6-15/h5-12,14,22H,4,13H2,1-3H3,(H,25,26)(H,28,29)/b20-11+/t14-,22+/m1/s1. The van der Waals surface area contributed by atoms with E-state index in [2.05, 4.69) is 5.32 Å². The molecule has 1 heterocycles. The van der Waals surface area contributed by atoms with Crippen molar-refractivity contribution in [3.63, 3.8) is 0 Å². The lowest BCUT2D eigenvalue weighted by Gasteiger charge is -2.20. The zero-order valence-electron chi connectivity index (χ0n) is 18.1. The number of hydrogen-bond acceptors (Lipinski definition) is 6. The van der Waals surface area contributed by atoms with Crippen LogP contribution in [-0.4, -0.2) is 42.5 Å². The van der Waals surface area contributed by atoms with Gasteiger partial charge in [-0.2, -0.15) is 0 Å². The third-order valence-electron chi connectivity index (χ3n) is 5.22. The number of carbonyl (C=O) groups excluding carboxylic acids is 2. The molecule has 8 nitrogen and oxygen atoms in total. The van der Waals surface area contributed by atoms with Gasteiger partial charge in [-0.15, -0.1) is 0 Å². The Bertz CT molecular complexity index is 1040. The van der Waals surface area contributed by atoms with Crippen LogP contribution in [0.5, 0.6) is 17.2 Å². The van der Waals surface area contributed by atoms with E-state index in [4.69, 9.17) is 14.2 Å². The summed E-state index contributed by atoms with van der Waals surface area (Å²) >= 11 is 0. The molecule has 2 atom stereocenters. The molecule has 0 spiro atoms. The maximum atomic E-state index is 12.6. The van der Waals surface area contributed by atoms with Gasteiger partial charge >= 0.3 is 5.97 Å². The van der Waals surface area contributed by atoms with Gasteiger partial charge in [0.1, 0.15) is 23.3 Å². The number of carboxylic acids is 1. The van der Waals surface area contributed by atoms with Crippen LogP contribution in [0.15, 0.2) is 48.2 Å². The maximum absolute atomic E-state index is 12.6. The second kappa shape index (κ2) is 10.00. The molecular formula is C24H25NO7. The number of methoxy groups -OCH3 is 1. The van der Waals surface area contributed by atoms with Crippen LogP contribution in [0.4, 0.5) is 0 Å². The van der Waals surface area contributed by atoms with E-state index in [-0.39, 0.29) is 24.1 Å². The van der Waals surface area contributed by atoms with Crippen molar-refractivity contribution in [2.75, 3.05) is 13.7 Å². The van der Waals surface area contributed by atoms with Crippen LogP contribution in [0, 0.1) is 5.92 Å². The lowest BCUT2D eigenvalue weighted by atomic mass is 9.99. The lowest BCUT2D eigenvalue weighted by molar-refractivity contribution is -0.143. The predicted octanol–water partition coefficient (Wildman–Crippen LogP) is 3.31. The summed E-state index contributed by atoms with van der Waals surface area (Å²) in [5, 5.41) is 11.8. The molecule has 0 unspecified atom stereocenters. The normalized spacial score (nSPS) is 15.5. The molecule has 32 heavy (non-hydrogen) atoms. The second-order valence-corrected chi connectivity index (χ2v) is 7.43. The Balaban J connectivity index is 1.64. The number of fused-ring (bicyclic) bond motifs is 1. The third-order valence-corrected chi connectivity index (χ3v) is 5.22. The van der Waals surface area contributed by atoms with Crippen LogP contribution in [0.1, 0.15) is 36.2 Å². The predicted molar refractivity (Wildman–Crippen MR) is 117 cm³/mol. The summed E-state index contributed by atoms with van der Waals surface area (Å²) in [5.74, 6) is -0.562. The van der Waals surface area contributed by atoms with Crippen molar-refractivity contribution in [2.24, 2.45) is 5.92 Å². The van der Waals surface area contributed by atoms with Crippen LogP contribution in [-0.2, 0) is 9.59 Å². The van der Waals surface area contributed by atoms with E-state index in [9.17, 15) is 19.5 Å². The first-order valence-electron chi connectivity index (χ1n) is 10.2. The fourth-order valence-electron chi connectivity index (χ4n) is 3.16. The number of ketones is 1. The molecule has 8 heteroatoms. The Kier molecular flexibility index (Phi) is 7.14. The summed E-state index contributed by atoms with van der Waals surface area (Å²) < 4.78 is 16.3. The van der Waals surface area contributed by atoms with E-state index in [1.165, 1.54) is 6.07 Å². The topological polar surface area (TPSA) is 111 Å².